The van der Waals surface area contributed by atoms with Crippen molar-refractivity contribution in [2.75, 3.05) is 33.3 Å². The number of benzene rings is 1. The summed E-state index contributed by atoms with van der Waals surface area (Å²) in [4.78, 5) is 4.51. The Kier molecular flexibility index (Phi) is 8.14. The maximum Gasteiger partial charge on any atom is 0.511 e. The van der Waals surface area contributed by atoms with Gasteiger partial charge in [-0.2, -0.15) is 17.5 Å². The molecule has 0 bridgehead atoms. The number of rotatable bonds is 7. The summed E-state index contributed by atoms with van der Waals surface area (Å²) in [7, 11) is -3.64. The normalized spacial score (nSPS) is 17.2. The van der Waals surface area contributed by atoms with Gasteiger partial charge in [0.05, 0.1) is 13.7 Å². The van der Waals surface area contributed by atoms with Crippen LogP contribution < -0.4 is 15.4 Å². The lowest BCUT2D eigenvalue weighted by atomic mass is 9.98. The molecule has 7 nitrogen and oxygen atoms in total. The topological polar surface area (TPSA) is 83.0 Å². The van der Waals surface area contributed by atoms with Crippen LogP contribution in [0.3, 0.4) is 0 Å². The number of alkyl halides is 3. The average Bonchev–Trinajstić information content (AvgIpc) is 2.69. The highest BCUT2D eigenvalue weighted by molar-refractivity contribution is 7.90. The molecule has 0 spiro atoms. The summed E-state index contributed by atoms with van der Waals surface area (Å²) in [5, 5.41) is 6.32. The highest BCUT2D eigenvalue weighted by Gasteiger charge is 2.50. The molecule has 1 aromatic carbocycles. The Labute approximate surface area is 169 Å². The maximum atomic E-state index is 12.7. The van der Waals surface area contributed by atoms with Gasteiger partial charge in [-0.05, 0) is 43.4 Å². The lowest BCUT2D eigenvalue weighted by Crippen LogP contribution is -2.47. The molecule has 1 saturated heterocycles. The third-order valence-electron chi connectivity index (χ3n) is 4.66. The van der Waals surface area contributed by atoms with Crippen LogP contribution in [0, 0.1) is 5.92 Å². The van der Waals surface area contributed by atoms with Crippen molar-refractivity contribution in [1.29, 1.82) is 0 Å². The molecular weight excluding hydrogens is 409 g/mol. The van der Waals surface area contributed by atoms with E-state index in [4.69, 9.17) is 4.74 Å². The molecule has 0 radical (unpaired) electrons. The first-order valence-electron chi connectivity index (χ1n) is 9.39. The van der Waals surface area contributed by atoms with Crippen molar-refractivity contribution in [3.63, 3.8) is 0 Å². The van der Waals surface area contributed by atoms with E-state index in [0.29, 0.717) is 42.7 Å². The van der Waals surface area contributed by atoms with Gasteiger partial charge in [-0.1, -0.05) is 12.1 Å². The molecule has 29 heavy (non-hydrogen) atoms. The van der Waals surface area contributed by atoms with Gasteiger partial charge in [0.1, 0.15) is 5.75 Å². The number of piperidine rings is 1. The van der Waals surface area contributed by atoms with Gasteiger partial charge in [-0.15, -0.1) is 0 Å². The molecule has 0 saturated carbocycles. The zero-order valence-electron chi connectivity index (χ0n) is 16.5. The number of ether oxygens (including phenoxy) is 1. The fourth-order valence-electron chi connectivity index (χ4n) is 3.02. The number of halogens is 3. The van der Waals surface area contributed by atoms with Crippen molar-refractivity contribution in [2.45, 2.75) is 31.8 Å². The summed E-state index contributed by atoms with van der Waals surface area (Å²) in [6.07, 6.45) is 0.717. The van der Waals surface area contributed by atoms with Crippen LogP contribution in [0.4, 0.5) is 13.2 Å². The lowest BCUT2D eigenvalue weighted by Gasteiger charge is -2.31. The van der Waals surface area contributed by atoms with Crippen molar-refractivity contribution in [3.05, 3.63) is 29.8 Å². The quantitative estimate of drug-likeness (QED) is 0.506. The van der Waals surface area contributed by atoms with E-state index in [1.54, 1.807) is 7.11 Å². The van der Waals surface area contributed by atoms with Gasteiger partial charge in [0.2, 0.25) is 0 Å². The number of nitrogens with one attached hydrogen (secondary N) is 2. The minimum absolute atomic E-state index is 0.0651. The largest absolute Gasteiger partial charge is 0.511 e. The molecule has 2 N–H and O–H groups in total. The summed E-state index contributed by atoms with van der Waals surface area (Å²) >= 11 is 0. The number of hydrogen-bond donors (Lipinski definition) is 2. The number of methoxy groups -OCH3 is 1. The molecular formula is C18H27F3N4O3S. The Bertz CT molecular complexity index is 792. The monoisotopic (exact) mass is 436 g/mol. The molecule has 1 aromatic rings. The van der Waals surface area contributed by atoms with Gasteiger partial charge in [-0.25, -0.2) is 13.4 Å². The van der Waals surface area contributed by atoms with E-state index in [1.807, 2.05) is 31.2 Å². The molecule has 11 heteroatoms. The standard InChI is InChI=1S/C18H27F3N4O3S/c1-3-22-17(24-13-15-5-4-6-16(11-15)28-2)23-12-14-7-9-25(10-8-14)29(26,27)18(19,20)21/h4-6,11,14H,3,7-10,12-13H2,1-2H3,(H2,22,23,24). The molecule has 0 atom stereocenters. The van der Waals surface area contributed by atoms with Crippen LogP contribution in [0.5, 0.6) is 5.75 Å². The molecule has 1 aliphatic rings. The second kappa shape index (κ2) is 10.1. The molecule has 2 rings (SSSR count). The second-order valence-electron chi connectivity index (χ2n) is 6.72. The fourth-order valence-corrected chi connectivity index (χ4v) is 4.01. The molecule has 1 aliphatic heterocycles. The van der Waals surface area contributed by atoms with Crippen molar-refractivity contribution in [1.82, 2.24) is 14.9 Å². The molecule has 0 aliphatic carbocycles. The van der Waals surface area contributed by atoms with Crippen LogP contribution in [-0.2, 0) is 16.6 Å². The van der Waals surface area contributed by atoms with Crippen molar-refractivity contribution < 1.29 is 26.3 Å². The van der Waals surface area contributed by atoms with E-state index in [9.17, 15) is 21.6 Å². The third kappa shape index (κ3) is 6.49. The molecule has 1 fully saturated rings. The minimum atomic E-state index is -5.25. The summed E-state index contributed by atoms with van der Waals surface area (Å²) in [6, 6.07) is 7.56. The van der Waals surface area contributed by atoms with Crippen molar-refractivity contribution in [2.24, 2.45) is 10.9 Å². The number of guanidine groups is 1. The molecule has 0 aromatic heterocycles. The predicted molar refractivity (Wildman–Crippen MR) is 105 cm³/mol. The first-order chi connectivity index (χ1) is 13.7. The maximum absolute atomic E-state index is 12.7. The zero-order chi connectivity index (χ0) is 21.5. The minimum Gasteiger partial charge on any atom is -0.497 e. The van der Waals surface area contributed by atoms with E-state index in [-0.39, 0.29) is 19.0 Å². The van der Waals surface area contributed by atoms with Crippen molar-refractivity contribution in [3.8, 4) is 5.75 Å². The average molecular weight is 437 g/mol. The molecule has 164 valence electrons. The highest BCUT2D eigenvalue weighted by atomic mass is 32.2. The Hall–Kier alpha value is -2.01. The summed E-state index contributed by atoms with van der Waals surface area (Å²) < 4.78 is 66.6. The number of hydrogen-bond acceptors (Lipinski definition) is 4. The van der Waals surface area contributed by atoms with Gasteiger partial charge >= 0.3 is 15.5 Å². The van der Waals surface area contributed by atoms with Crippen LogP contribution in [0.2, 0.25) is 0 Å². The Morgan fingerprint density at radius 1 is 1.28 bits per heavy atom. The van der Waals surface area contributed by atoms with Gasteiger partial charge in [0.25, 0.3) is 0 Å². The van der Waals surface area contributed by atoms with E-state index in [1.165, 1.54) is 0 Å². The number of sulfonamides is 1. The van der Waals surface area contributed by atoms with Gasteiger partial charge < -0.3 is 15.4 Å². The van der Waals surface area contributed by atoms with E-state index in [0.717, 1.165) is 11.3 Å². The SMILES string of the molecule is CCNC(=NCc1cccc(OC)c1)NCC1CCN(S(=O)(=O)C(F)(F)F)CC1. The second-order valence-corrected chi connectivity index (χ2v) is 8.65. The predicted octanol–water partition coefficient (Wildman–Crippen LogP) is 2.31. The van der Waals surface area contributed by atoms with Crippen LogP contribution in [0.15, 0.2) is 29.3 Å². The van der Waals surface area contributed by atoms with E-state index in [2.05, 4.69) is 15.6 Å². The molecule has 1 heterocycles. The first kappa shape index (κ1) is 23.3. The lowest BCUT2D eigenvalue weighted by molar-refractivity contribution is -0.0496. The van der Waals surface area contributed by atoms with Gasteiger partial charge in [0.15, 0.2) is 5.96 Å². The van der Waals surface area contributed by atoms with Crippen LogP contribution in [0.25, 0.3) is 0 Å². The van der Waals surface area contributed by atoms with Crippen molar-refractivity contribution >= 4 is 16.0 Å². The third-order valence-corrected chi connectivity index (χ3v) is 6.29. The summed E-state index contributed by atoms with van der Waals surface area (Å²) in [5.74, 6) is 1.41. The summed E-state index contributed by atoms with van der Waals surface area (Å²) in [5.41, 5.74) is -4.27. The number of aliphatic imine (C=N–C) groups is 1. The summed E-state index contributed by atoms with van der Waals surface area (Å²) in [6.45, 7) is 3.27. The van der Waals surface area contributed by atoms with Gasteiger partial charge in [0, 0.05) is 26.2 Å². The first-order valence-corrected chi connectivity index (χ1v) is 10.8. The van der Waals surface area contributed by atoms with E-state index < -0.39 is 15.5 Å². The smallest absolute Gasteiger partial charge is 0.497 e. The molecule has 0 unspecified atom stereocenters. The Morgan fingerprint density at radius 3 is 2.55 bits per heavy atom. The highest BCUT2D eigenvalue weighted by Crippen LogP contribution is 2.30. The van der Waals surface area contributed by atoms with Gasteiger partial charge in [-0.3, -0.25) is 0 Å². The Balaban J connectivity index is 1.88. The van der Waals surface area contributed by atoms with Crippen LogP contribution >= 0.6 is 0 Å². The van der Waals surface area contributed by atoms with Crippen LogP contribution in [0.1, 0.15) is 25.3 Å². The zero-order valence-corrected chi connectivity index (χ0v) is 17.3. The van der Waals surface area contributed by atoms with E-state index >= 15 is 0 Å². The number of nitrogens with zero attached hydrogens (tertiary/aromatic N) is 2. The fraction of sp³-hybridized carbons (Fsp3) is 0.611. The molecule has 0 amide bonds. The van der Waals surface area contributed by atoms with Crippen LogP contribution in [-0.4, -0.2) is 57.5 Å². The Morgan fingerprint density at radius 2 is 1.97 bits per heavy atom.